The van der Waals surface area contributed by atoms with Crippen LogP contribution in [-0.2, 0) is 7.05 Å². The van der Waals surface area contributed by atoms with Crippen LogP contribution in [0.1, 0.15) is 17.3 Å². The number of benzene rings is 1. The van der Waals surface area contributed by atoms with Gasteiger partial charge in [-0.1, -0.05) is 18.2 Å². The molecule has 1 aromatic heterocycles. The SMILES string of the molecule is CNC(c1cn(C)cn1)c1ccccc1F. The molecule has 84 valence electrons. The van der Waals surface area contributed by atoms with Gasteiger partial charge in [-0.2, -0.15) is 0 Å². The lowest BCUT2D eigenvalue weighted by molar-refractivity contribution is 0.571. The molecule has 4 heteroatoms. The van der Waals surface area contributed by atoms with Crippen LogP contribution >= 0.6 is 0 Å². The zero-order valence-electron chi connectivity index (χ0n) is 9.31. The first-order valence-corrected chi connectivity index (χ1v) is 5.12. The Morgan fingerprint density at radius 1 is 1.38 bits per heavy atom. The molecular weight excluding hydrogens is 205 g/mol. The quantitative estimate of drug-likeness (QED) is 0.854. The smallest absolute Gasteiger partial charge is 0.128 e. The van der Waals surface area contributed by atoms with Crippen LogP contribution in [0.3, 0.4) is 0 Å². The van der Waals surface area contributed by atoms with Gasteiger partial charge in [0, 0.05) is 18.8 Å². The van der Waals surface area contributed by atoms with Crippen LogP contribution in [0.4, 0.5) is 4.39 Å². The van der Waals surface area contributed by atoms with E-state index >= 15 is 0 Å². The normalized spacial score (nSPS) is 12.7. The minimum Gasteiger partial charge on any atom is -0.340 e. The molecule has 0 amide bonds. The van der Waals surface area contributed by atoms with Crippen LogP contribution in [0, 0.1) is 5.82 Å². The fourth-order valence-electron chi connectivity index (χ4n) is 1.75. The van der Waals surface area contributed by atoms with E-state index in [0.717, 1.165) is 5.69 Å². The van der Waals surface area contributed by atoms with Gasteiger partial charge < -0.3 is 9.88 Å². The van der Waals surface area contributed by atoms with Crippen molar-refractivity contribution in [3.8, 4) is 0 Å². The molecule has 0 bridgehead atoms. The predicted molar refractivity (Wildman–Crippen MR) is 60.5 cm³/mol. The van der Waals surface area contributed by atoms with Gasteiger partial charge in [0.05, 0.1) is 18.1 Å². The van der Waals surface area contributed by atoms with Gasteiger partial charge in [-0.15, -0.1) is 0 Å². The Morgan fingerprint density at radius 2 is 2.12 bits per heavy atom. The summed E-state index contributed by atoms with van der Waals surface area (Å²) in [4.78, 5) is 4.24. The van der Waals surface area contributed by atoms with Crippen LogP contribution in [0.15, 0.2) is 36.8 Å². The Labute approximate surface area is 93.9 Å². The van der Waals surface area contributed by atoms with Crippen LogP contribution in [-0.4, -0.2) is 16.6 Å². The second-order valence-corrected chi connectivity index (χ2v) is 3.71. The van der Waals surface area contributed by atoms with Crippen LogP contribution in [0.25, 0.3) is 0 Å². The van der Waals surface area contributed by atoms with Gasteiger partial charge in [0.15, 0.2) is 0 Å². The van der Waals surface area contributed by atoms with Crippen molar-refractivity contribution in [3.63, 3.8) is 0 Å². The molecule has 0 saturated carbocycles. The number of rotatable bonds is 3. The fraction of sp³-hybridized carbons (Fsp3) is 0.250. The summed E-state index contributed by atoms with van der Waals surface area (Å²) < 4.78 is 15.5. The zero-order chi connectivity index (χ0) is 11.5. The molecule has 0 saturated heterocycles. The predicted octanol–water partition coefficient (Wildman–Crippen LogP) is 1.87. The highest BCUT2D eigenvalue weighted by atomic mass is 19.1. The Kier molecular flexibility index (Phi) is 3.01. The number of aryl methyl sites for hydroxylation is 1. The molecule has 0 fully saturated rings. The van der Waals surface area contributed by atoms with Crippen LogP contribution in [0.2, 0.25) is 0 Å². The molecule has 0 aliphatic rings. The molecule has 0 radical (unpaired) electrons. The van der Waals surface area contributed by atoms with Gasteiger partial charge in [-0.25, -0.2) is 9.37 Å². The Balaban J connectivity index is 2.40. The van der Waals surface area contributed by atoms with E-state index in [4.69, 9.17) is 0 Å². The van der Waals surface area contributed by atoms with Crippen molar-refractivity contribution in [1.82, 2.24) is 14.9 Å². The minimum absolute atomic E-state index is 0.206. The Bertz CT molecular complexity index is 479. The van der Waals surface area contributed by atoms with E-state index in [9.17, 15) is 4.39 Å². The Morgan fingerprint density at radius 3 is 2.69 bits per heavy atom. The molecule has 1 heterocycles. The number of aromatic nitrogens is 2. The van der Waals surface area contributed by atoms with E-state index in [1.807, 2.05) is 23.9 Å². The lowest BCUT2D eigenvalue weighted by Gasteiger charge is -2.14. The third-order valence-corrected chi connectivity index (χ3v) is 2.53. The third-order valence-electron chi connectivity index (χ3n) is 2.53. The fourth-order valence-corrected chi connectivity index (χ4v) is 1.75. The maximum absolute atomic E-state index is 13.6. The highest BCUT2D eigenvalue weighted by Gasteiger charge is 2.17. The van der Waals surface area contributed by atoms with Crippen molar-refractivity contribution in [1.29, 1.82) is 0 Å². The number of imidazole rings is 1. The zero-order valence-corrected chi connectivity index (χ0v) is 9.31. The van der Waals surface area contributed by atoms with Gasteiger partial charge in [-0.3, -0.25) is 0 Å². The Hall–Kier alpha value is -1.68. The van der Waals surface area contributed by atoms with Crippen LogP contribution in [0.5, 0.6) is 0 Å². The van der Waals surface area contributed by atoms with Gasteiger partial charge in [0.25, 0.3) is 0 Å². The highest BCUT2D eigenvalue weighted by molar-refractivity contribution is 5.28. The molecule has 1 N–H and O–H groups in total. The summed E-state index contributed by atoms with van der Waals surface area (Å²) in [5.74, 6) is -0.215. The van der Waals surface area contributed by atoms with Crippen molar-refractivity contribution in [2.24, 2.45) is 7.05 Å². The average molecular weight is 219 g/mol. The van der Waals surface area contributed by atoms with Gasteiger partial charge in [0.2, 0.25) is 0 Å². The largest absolute Gasteiger partial charge is 0.340 e. The van der Waals surface area contributed by atoms with E-state index < -0.39 is 0 Å². The third kappa shape index (κ3) is 1.97. The lowest BCUT2D eigenvalue weighted by Crippen LogP contribution is -2.19. The van der Waals surface area contributed by atoms with Gasteiger partial charge >= 0.3 is 0 Å². The van der Waals surface area contributed by atoms with E-state index in [2.05, 4.69) is 10.3 Å². The number of hydrogen-bond acceptors (Lipinski definition) is 2. The second kappa shape index (κ2) is 4.45. The first kappa shape index (κ1) is 10.8. The maximum Gasteiger partial charge on any atom is 0.128 e. The number of hydrogen-bond donors (Lipinski definition) is 1. The van der Waals surface area contributed by atoms with E-state index in [-0.39, 0.29) is 11.9 Å². The minimum atomic E-state index is -0.215. The van der Waals surface area contributed by atoms with Crippen molar-refractivity contribution >= 4 is 0 Å². The monoisotopic (exact) mass is 219 g/mol. The molecule has 1 unspecified atom stereocenters. The lowest BCUT2D eigenvalue weighted by atomic mass is 10.0. The topological polar surface area (TPSA) is 29.9 Å². The summed E-state index contributed by atoms with van der Waals surface area (Å²) in [5.41, 5.74) is 1.43. The first-order valence-electron chi connectivity index (χ1n) is 5.12. The molecule has 3 nitrogen and oxygen atoms in total. The molecule has 16 heavy (non-hydrogen) atoms. The van der Waals surface area contributed by atoms with E-state index in [1.54, 1.807) is 25.5 Å². The molecule has 0 spiro atoms. The van der Waals surface area contributed by atoms with Crippen LogP contribution < -0.4 is 5.32 Å². The second-order valence-electron chi connectivity index (χ2n) is 3.71. The molecule has 2 rings (SSSR count). The van der Waals surface area contributed by atoms with Crippen molar-refractivity contribution in [2.45, 2.75) is 6.04 Å². The van der Waals surface area contributed by atoms with Crippen molar-refractivity contribution in [3.05, 3.63) is 53.9 Å². The van der Waals surface area contributed by atoms with E-state index in [0.29, 0.717) is 5.56 Å². The molecule has 1 aromatic carbocycles. The molecule has 0 aliphatic carbocycles. The first-order chi connectivity index (χ1) is 7.72. The average Bonchev–Trinajstić information content (AvgIpc) is 2.69. The van der Waals surface area contributed by atoms with Gasteiger partial charge in [-0.05, 0) is 13.1 Å². The van der Waals surface area contributed by atoms with Crippen molar-refractivity contribution in [2.75, 3.05) is 7.05 Å². The molecule has 2 aromatic rings. The molecule has 1 atom stereocenters. The van der Waals surface area contributed by atoms with E-state index in [1.165, 1.54) is 6.07 Å². The summed E-state index contributed by atoms with van der Waals surface area (Å²) in [6.07, 6.45) is 3.59. The maximum atomic E-state index is 13.6. The van der Waals surface area contributed by atoms with Crippen molar-refractivity contribution < 1.29 is 4.39 Å². The standard InChI is InChI=1S/C12H14FN3/c1-14-12(11-7-16(2)8-15-11)9-5-3-4-6-10(9)13/h3-8,12,14H,1-2H3. The summed E-state index contributed by atoms with van der Waals surface area (Å²) in [6.45, 7) is 0. The summed E-state index contributed by atoms with van der Waals surface area (Å²) in [7, 11) is 3.69. The number of nitrogens with zero attached hydrogens (tertiary/aromatic N) is 2. The molecular formula is C12H14FN3. The molecule has 0 aliphatic heterocycles. The summed E-state index contributed by atoms with van der Waals surface area (Å²) in [6, 6.07) is 6.53. The summed E-state index contributed by atoms with van der Waals surface area (Å²) >= 11 is 0. The summed E-state index contributed by atoms with van der Waals surface area (Å²) in [5, 5.41) is 3.07. The number of nitrogens with one attached hydrogen (secondary N) is 1. The highest BCUT2D eigenvalue weighted by Crippen LogP contribution is 2.22. The number of halogens is 1. The van der Waals surface area contributed by atoms with Gasteiger partial charge in [0.1, 0.15) is 5.82 Å².